The third-order valence-corrected chi connectivity index (χ3v) is 6.10. The van der Waals surface area contributed by atoms with Gasteiger partial charge in [-0.2, -0.15) is 0 Å². The molecule has 28 heavy (non-hydrogen) atoms. The molecule has 3 rings (SSSR count). The molecule has 0 N–H and O–H groups in total. The van der Waals surface area contributed by atoms with E-state index in [2.05, 4.69) is 49.9 Å². The molecule has 2 aromatic rings. The molecule has 0 spiro atoms. The smallest absolute Gasteiger partial charge is 0.237 e. The maximum atomic E-state index is 13.3. The number of rotatable bonds is 7. The van der Waals surface area contributed by atoms with E-state index in [-0.39, 0.29) is 17.1 Å². The summed E-state index contributed by atoms with van der Waals surface area (Å²) in [5.41, 5.74) is 3.46. The van der Waals surface area contributed by atoms with E-state index < -0.39 is 0 Å². The zero-order chi connectivity index (χ0) is 20.1. The first kappa shape index (κ1) is 20.9. The summed E-state index contributed by atoms with van der Waals surface area (Å²) < 4.78 is 13.3. The van der Waals surface area contributed by atoms with Gasteiger partial charge in [0, 0.05) is 25.4 Å². The van der Waals surface area contributed by atoms with E-state index in [1.54, 1.807) is 23.9 Å². The summed E-state index contributed by atoms with van der Waals surface area (Å²) in [5, 5.41) is -0.0204. The van der Waals surface area contributed by atoms with Crippen molar-refractivity contribution in [2.45, 2.75) is 32.7 Å². The van der Waals surface area contributed by atoms with Gasteiger partial charge in [-0.1, -0.05) is 55.8 Å². The van der Waals surface area contributed by atoms with Crippen molar-refractivity contribution in [3.8, 4) is 0 Å². The molecule has 0 radical (unpaired) electrons. The van der Waals surface area contributed by atoms with Crippen LogP contribution in [0.5, 0.6) is 0 Å². The van der Waals surface area contributed by atoms with Gasteiger partial charge in [0.25, 0.3) is 0 Å². The lowest BCUT2D eigenvalue weighted by atomic mass is 10.1. The van der Waals surface area contributed by atoms with Crippen molar-refractivity contribution in [2.75, 3.05) is 25.4 Å². The van der Waals surface area contributed by atoms with E-state index in [4.69, 9.17) is 0 Å². The molecule has 0 aliphatic carbocycles. The Kier molecular flexibility index (Phi) is 7.13. The second kappa shape index (κ2) is 9.57. The lowest BCUT2D eigenvalue weighted by Gasteiger charge is -2.29. The van der Waals surface area contributed by atoms with Crippen molar-refractivity contribution in [1.82, 2.24) is 9.80 Å². The normalized spacial score (nSPS) is 16.9. The van der Waals surface area contributed by atoms with Gasteiger partial charge in [0.05, 0.1) is 6.54 Å². The number of hydrogen-bond donors (Lipinski definition) is 0. The van der Waals surface area contributed by atoms with Gasteiger partial charge < -0.3 is 4.90 Å². The minimum atomic E-state index is -0.245. The molecule has 0 bridgehead atoms. The quantitative estimate of drug-likeness (QED) is 0.663. The summed E-state index contributed by atoms with van der Waals surface area (Å²) in [4.78, 5) is 17.3. The van der Waals surface area contributed by atoms with Crippen LogP contribution in [0.4, 0.5) is 4.39 Å². The van der Waals surface area contributed by atoms with Crippen LogP contribution < -0.4 is 0 Å². The number of amides is 1. The van der Waals surface area contributed by atoms with Gasteiger partial charge in [-0.25, -0.2) is 4.39 Å². The molecule has 1 aliphatic rings. The predicted octanol–water partition coefficient (Wildman–Crippen LogP) is 4.87. The van der Waals surface area contributed by atoms with E-state index in [0.717, 1.165) is 31.0 Å². The predicted molar refractivity (Wildman–Crippen MR) is 115 cm³/mol. The van der Waals surface area contributed by atoms with Crippen molar-refractivity contribution in [2.24, 2.45) is 5.92 Å². The van der Waals surface area contributed by atoms with Crippen LogP contribution >= 0.6 is 11.8 Å². The summed E-state index contributed by atoms with van der Waals surface area (Å²) in [6, 6.07) is 15.0. The third-order valence-electron chi connectivity index (χ3n) is 4.84. The molecule has 1 saturated heterocycles. The van der Waals surface area contributed by atoms with Crippen LogP contribution in [0.15, 0.2) is 48.5 Å². The van der Waals surface area contributed by atoms with E-state index in [1.165, 1.54) is 23.3 Å². The minimum Gasteiger partial charge on any atom is -0.325 e. The highest BCUT2D eigenvalue weighted by molar-refractivity contribution is 7.99. The summed E-state index contributed by atoms with van der Waals surface area (Å²) in [6.45, 7) is 9.25. The first-order chi connectivity index (χ1) is 13.4. The van der Waals surface area contributed by atoms with E-state index in [0.29, 0.717) is 12.5 Å². The van der Waals surface area contributed by atoms with Crippen molar-refractivity contribution < 1.29 is 9.18 Å². The van der Waals surface area contributed by atoms with Crippen LogP contribution in [-0.2, 0) is 11.3 Å². The van der Waals surface area contributed by atoms with Crippen molar-refractivity contribution in [1.29, 1.82) is 0 Å². The van der Waals surface area contributed by atoms with Crippen molar-refractivity contribution in [3.63, 3.8) is 0 Å². The lowest BCUT2D eigenvalue weighted by molar-refractivity contribution is -0.132. The number of nitrogens with zero attached hydrogens (tertiary/aromatic N) is 2. The highest BCUT2D eigenvalue weighted by Crippen LogP contribution is 2.38. The first-order valence-electron chi connectivity index (χ1n) is 9.87. The molecule has 1 atom stereocenters. The number of thioether (sulfide) groups is 1. The van der Waals surface area contributed by atoms with Gasteiger partial charge >= 0.3 is 0 Å². The van der Waals surface area contributed by atoms with Crippen molar-refractivity contribution in [3.05, 3.63) is 71.0 Å². The zero-order valence-electron chi connectivity index (χ0n) is 16.9. The summed E-state index contributed by atoms with van der Waals surface area (Å²) >= 11 is 1.75. The maximum absolute atomic E-state index is 13.3. The number of hydrogen-bond acceptors (Lipinski definition) is 3. The van der Waals surface area contributed by atoms with Crippen LogP contribution in [0.25, 0.3) is 0 Å². The third kappa shape index (κ3) is 5.58. The zero-order valence-corrected chi connectivity index (χ0v) is 17.7. The summed E-state index contributed by atoms with van der Waals surface area (Å²) in [5.74, 6) is 1.30. The van der Waals surface area contributed by atoms with Crippen LogP contribution in [0.3, 0.4) is 0 Å². The van der Waals surface area contributed by atoms with Gasteiger partial charge in [0.15, 0.2) is 0 Å². The lowest BCUT2D eigenvalue weighted by Crippen LogP contribution is -2.41. The second-order valence-electron chi connectivity index (χ2n) is 7.91. The number of aryl methyl sites for hydroxylation is 1. The Morgan fingerprint density at radius 2 is 2.00 bits per heavy atom. The molecule has 1 fully saturated rings. The minimum absolute atomic E-state index is 0.0204. The van der Waals surface area contributed by atoms with Crippen LogP contribution in [0, 0.1) is 18.7 Å². The number of benzene rings is 2. The summed E-state index contributed by atoms with van der Waals surface area (Å²) in [7, 11) is 0. The molecule has 2 aromatic carbocycles. The Morgan fingerprint density at radius 3 is 2.68 bits per heavy atom. The molecule has 0 saturated carbocycles. The molecule has 1 aliphatic heterocycles. The van der Waals surface area contributed by atoms with Gasteiger partial charge in [-0.3, -0.25) is 9.69 Å². The van der Waals surface area contributed by atoms with Gasteiger partial charge in [-0.15, -0.1) is 11.8 Å². The molecule has 3 nitrogen and oxygen atoms in total. The fourth-order valence-electron chi connectivity index (χ4n) is 3.68. The summed E-state index contributed by atoms with van der Waals surface area (Å²) in [6.07, 6.45) is 0. The Labute approximate surface area is 171 Å². The van der Waals surface area contributed by atoms with Crippen LogP contribution in [-0.4, -0.2) is 41.1 Å². The highest BCUT2D eigenvalue weighted by atomic mass is 32.2. The highest BCUT2D eigenvalue weighted by Gasteiger charge is 2.31. The fraction of sp³-hybridized carbons (Fsp3) is 0.435. The fourth-order valence-corrected chi connectivity index (χ4v) is 4.96. The maximum Gasteiger partial charge on any atom is 0.237 e. The molecule has 1 amide bonds. The molecule has 1 heterocycles. The average Bonchev–Trinajstić information content (AvgIpc) is 3.11. The van der Waals surface area contributed by atoms with Crippen LogP contribution in [0.2, 0.25) is 0 Å². The SMILES string of the molecule is Cc1cccc(CN(CC(=O)N2CCSC2c2ccc(F)cc2)CC(C)C)c1. The Bertz CT molecular complexity index is 793. The number of halogens is 1. The number of carbonyl (C=O) groups is 1. The van der Waals surface area contributed by atoms with E-state index in [9.17, 15) is 9.18 Å². The Morgan fingerprint density at radius 1 is 1.25 bits per heavy atom. The molecule has 1 unspecified atom stereocenters. The Balaban J connectivity index is 1.70. The first-order valence-corrected chi connectivity index (χ1v) is 10.9. The Hall–Kier alpha value is -1.85. The largest absolute Gasteiger partial charge is 0.325 e. The molecule has 5 heteroatoms. The molecule has 150 valence electrons. The molecule has 0 aromatic heterocycles. The average molecular weight is 401 g/mol. The van der Waals surface area contributed by atoms with Crippen LogP contribution in [0.1, 0.15) is 35.9 Å². The standard InChI is InChI=1S/C23H29FN2OS/c1-17(2)14-25(15-19-6-4-5-18(3)13-19)16-22(27)26-11-12-28-23(26)20-7-9-21(24)10-8-20/h4-10,13,17,23H,11-12,14-16H2,1-3H3. The van der Waals surface area contributed by atoms with E-state index >= 15 is 0 Å². The van der Waals surface area contributed by atoms with Gasteiger partial charge in [0.2, 0.25) is 5.91 Å². The molecular weight excluding hydrogens is 371 g/mol. The van der Waals surface area contributed by atoms with E-state index in [1.807, 2.05) is 4.90 Å². The molecular formula is C23H29FN2OS. The second-order valence-corrected chi connectivity index (χ2v) is 9.10. The van der Waals surface area contributed by atoms with Gasteiger partial charge in [-0.05, 0) is 36.1 Å². The van der Waals surface area contributed by atoms with Gasteiger partial charge in [0.1, 0.15) is 11.2 Å². The monoisotopic (exact) mass is 400 g/mol. The topological polar surface area (TPSA) is 23.6 Å². The number of carbonyl (C=O) groups excluding carboxylic acids is 1. The van der Waals surface area contributed by atoms with Crippen molar-refractivity contribution >= 4 is 17.7 Å².